The highest BCUT2D eigenvalue weighted by Gasteiger charge is 2.39. The number of hydrogen-bond donors (Lipinski definition) is 1. The normalized spacial score (nSPS) is 26.2. The second-order valence-electron chi connectivity index (χ2n) is 6.82. The van der Waals surface area contributed by atoms with Gasteiger partial charge in [0.25, 0.3) is 6.43 Å². The zero-order valence-electron chi connectivity index (χ0n) is 14.1. The van der Waals surface area contributed by atoms with Crippen molar-refractivity contribution < 1.29 is 18.5 Å². The van der Waals surface area contributed by atoms with Crippen molar-refractivity contribution in [2.75, 3.05) is 7.05 Å². The number of fused-ring (bicyclic) bond motifs is 2. The molecule has 1 amide bonds. The van der Waals surface area contributed by atoms with Crippen molar-refractivity contribution >= 4 is 11.6 Å². The molecule has 8 nitrogen and oxygen atoms in total. The van der Waals surface area contributed by atoms with Crippen molar-refractivity contribution in [2.45, 2.75) is 63.7 Å². The number of carbonyl (C=O) groups excluding carboxylic acids is 1. The quantitative estimate of drug-likeness (QED) is 0.640. The van der Waals surface area contributed by atoms with Gasteiger partial charge in [-0.2, -0.15) is 5.10 Å². The smallest absolute Gasteiger partial charge is 0.319 e. The van der Waals surface area contributed by atoms with Crippen LogP contribution in [0, 0.1) is 17.0 Å². The lowest BCUT2D eigenvalue weighted by Crippen LogP contribution is -2.49. The molecule has 10 heteroatoms. The first-order valence-corrected chi connectivity index (χ1v) is 8.29. The second kappa shape index (κ2) is 6.66. The number of nitro groups is 1. The maximum absolute atomic E-state index is 12.9. The first-order chi connectivity index (χ1) is 11.8. The second-order valence-corrected chi connectivity index (χ2v) is 6.82. The average Bonchev–Trinajstić information content (AvgIpc) is 2.93. The number of amides is 1. The van der Waals surface area contributed by atoms with E-state index < -0.39 is 22.7 Å². The van der Waals surface area contributed by atoms with Crippen LogP contribution in [0.4, 0.5) is 14.5 Å². The van der Waals surface area contributed by atoms with Gasteiger partial charge >= 0.3 is 5.69 Å². The lowest BCUT2D eigenvalue weighted by Gasteiger charge is -2.36. The molecule has 2 unspecified atom stereocenters. The zero-order valence-corrected chi connectivity index (χ0v) is 14.1. The van der Waals surface area contributed by atoms with Crippen LogP contribution in [0.15, 0.2) is 0 Å². The molecule has 3 rings (SSSR count). The molecule has 2 bridgehead atoms. The molecule has 0 radical (unpaired) electrons. The Kier molecular flexibility index (Phi) is 4.72. The molecule has 0 saturated carbocycles. The first-order valence-electron chi connectivity index (χ1n) is 8.29. The number of piperidine rings is 1. The number of nitrogens with zero attached hydrogens (tertiary/aromatic N) is 4. The van der Waals surface area contributed by atoms with E-state index in [4.69, 9.17) is 0 Å². The molecule has 25 heavy (non-hydrogen) atoms. The first kappa shape index (κ1) is 17.7. The lowest BCUT2D eigenvalue weighted by molar-refractivity contribution is -0.386. The summed E-state index contributed by atoms with van der Waals surface area (Å²) in [6.45, 7) is 1.02. The van der Waals surface area contributed by atoms with Gasteiger partial charge in [-0.25, -0.2) is 8.78 Å². The Morgan fingerprint density at radius 2 is 2.00 bits per heavy atom. The van der Waals surface area contributed by atoms with Crippen LogP contribution in [0.1, 0.15) is 43.5 Å². The Bertz CT molecular complexity index is 679. The van der Waals surface area contributed by atoms with Gasteiger partial charge < -0.3 is 10.2 Å². The van der Waals surface area contributed by atoms with Gasteiger partial charge in [-0.3, -0.25) is 19.6 Å². The van der Waals surface area contributed by atoms with E-state index in [-0.39, 0.29) is 24.2 Å². The van der Waals surface area contributed by atoms with Gasteiger partial charge in [0.05, 0.1) is 4.92 Å². The Hall–Kier alpha value is -2.10. The van der Waals surface area contributed by atoms with E-state index in [1.165, 1.54) is 6.92 Å². The summed E-state index contributed by atoms with van der Waals surface area (Å²) >= 11 is 0. The zero-order chi connectivity index (χ0) is 18.3. The van der Waals surface area contributed by atoms with Gasteiger partial charge in [0.1, 0.15) is 12.2 Å². The van der Waals surface area contributed by atoms with Crippen LogP contribution in [0.2, 0.25) is 0 Å². The minimum atomic E-state index is -3.06. The molecule has 1 N–H and O–H groups in total. The van der Waals surface area contributed by atoms with Crippen LogP contribution >= 0.6 is 0 Å². The Labute approximate surface area is 143 Å². The Balaban J connectivity index is 1.67. The number of nitrogens with one attached hydrogen (secondary N) is 1. The van der Waals surface area contributed by atoms with Crippen molar-refractivity contribution in [3.8, 4) is 0 Å². The van der Waals surface area contributed by atoms with Gasteiger partial charge in [0.15, 0.2) is 0 Å². The molecular formula is C15H21F2N5O3. The van der Waals surface area contributed by atoms with Gasteiger partial charge in [0, 0.05) is 18.1 Å². The third kappa shape index (κ3) is 3.35. The van der Waals surface area contributed by atoms with Crippen molar-refractivity contribution in [1.29, 1.82) is 0 Å². The maximum Gasteiger partial charge on any atom is 0.319 e. The van der Waals surface area contributed by atoms with Crippen molar-refractivity contribution in [3.05, 3.63) is 21.5 Å². The summed E-state index contributed by atoms with van der Waals surface area (Å²) in [7, 11) is 2.10. The van der Waals surface area contributed by atoms with Crippen LogP contribution in [0.3, 0.4) is 0 Å². The molecule has 2 atom stereocenters. The number of aromatic nitrogens is 2. The summed E-state index contributed by atoms with van der Waals surface area (Å²) < 4.78 is 26.9. The molecule has 2 fully saturated rings. The molecule has 1 aromatic heterocycles. The molecule has 2 saturated heterocycles. The molecule has 2 aliphatic rings. The Morgan fingerprint density at radius 3 is 2.48 bits per heavy atom. The number of hydrogen-bond acceptors (Lipinski definition) is 5. The Morgan fingerprint density at radius 1 is 1.40 bits per heavy atom. The van der Waals surface area contributed by atoms with Crippen LogP contribution < -0.4 is 5.32 Å². The van der Waals surface area contributed by atoms with Gasteiger partial charge in [-0.15, -0.1) is 0 Å². The van der Waals surface area contributed by atoms with Gasteiger partial charge in [0.2, 0.25) is 11.6 Å². The van der Waals surface area contributed by atoms with Crippen LogP contribution in [0.5, 0.6) is 0 Å². The molecule has 3 heterocycles. The monoisotopic (exact) mass is 357 g/mol. The molecule has 1 aromatic rings. The minimum absolute atomic E-state index is 0.0427. The standard InChI is InChI=1S/C15H21F2N5O3/c1-8-14(22(24)25)13(15(16)17)19-21(8)7-12(23)18-9-5-10-3-4-11(6-9)20(10)2/h9-11,15H,3-7H2,1-2H3,(H,18,23). The van der Waals surface area contributed by atoms with Crippen LogP contribution in [-0.2, 0) is 11.3 Å². The highest BCUT2D eigenvalue weighted by atomic mass is 19.3. The summed E-state index contributed by atoms with van der Waals surface area (Å²) in [5.41, 5.74) is -1.66. The summed E-state index contributed by atoms with van der Waals surface area (Å²) in [5.74, 6) is -0.365. The van der Waals surface area contributed by atoms with Crippen LogP contribution in [-0.4, -0.2) is 50.7 Å². The van der Waals surface area contributed by atoms with Crippen molar-refractivity contribution in [3.63, 3.8) is 0 Å². The van der Waals surface area contributed by atoms with E-state index in [0.29, 0.717) is 12.1 Å². The summed E-state index contributed by atoms with van der Waals surface area (Å²) in [5, 5.41) is 17.5. The molecule has 0 aromatic carbocycles. The van der Waals surface area contributed by atoms with Crippen LogP contribution in [0.25, 0.3) is 0 Å². The third-order valence-electron chi connectivity index (χ3n) is 5.35. The molecule has 138 valence electrons. The summed E-state index contributed by atoms with van der Waals surface area (Å²) in [4.78, 5) is 24.7. The highest BCUT2D eigenvalue weighted by Crippen LogP contribution is 2.34. The third-order valence-corrected chi connectivity index (χ3v) is 5.35. The molecule has 2 aliphatic heterocycles. The van der Waals surface area contributed by atoms with E-state index in [1.807, 2.05) is 0 Å². The fourth-order valence-electron chi connectivity index (χ4n) is 4.03. The topological polar surface area (TPSA) is 93.3 Å². The summed E-state index contributed by atoms with van der Waals surface area (Å²) in [6.07, 6.45) is 0.900. The van der Waals surface area contributed by atoms with E-state index in [0.717, 1.165) is 30.4 Å². The largest absolute Gasteiger partial charge is 0.352 e. The van der Waals surface area contributed by atoms with E-state index >= 15 is 0 Å². The fourth-order valence-corrected chi connectivity index (χ4v) is 4.03. The highest BCUT2D eigenvalue weighted by molar-refractivity contribution is 5.76. The predicted molar refractivity (Wildman–Crippen MR) is 84.3 cm³/mol. The summed E-state index contributed by atoms with van der Waals surface area (Å²) in [6, 6.07) is 0.964. The number of alkyl halides is 2. The number of rotatable bonds is 5. The SMILES string of the molecule is Cc1c([N+](=O)[O-])c(C(F)F)nn1CC(=O)NC1CC2CCC(C1)N2C. The van der Waals surface area contributed by atoms with Crippen molar-refractivity contribution in [1.82, 2.24) is 20.0 Å². The molecule has 0 spiro atoms. The van der Waals surface area contributed by atoms with Gasteiger partial charge in [-0.1, -0.05) is 0 Å². The number of carbonyl (C=O) groups is 1. The number of halogens is 2. The average molecular weight is 357 g/mol. The molecular weight excluding hydrogens is 336 g/mol. The van der Waals surface area contributed by atoms with E-state index in [9.17, 15) is 23.7 Å². The fraction of sp³-hybridized carbons (Fsp3) is 0.733. The van der Waals surface area contributed by atoms with Crippen molar-refractivity contribution in [2.24, 2.45) is 0 Å². The lowest BCUT2D eigenvalue weighted by atomic mass is 9.98. The predicted octanol–water partition coefficient (Wildman–Crippen LogP) is 1.78. The van der Waals surface area contributed by atoms with Gasteiger partial charge in [-0.05, 0) is 39.7 Å². The van der Waals surface area contributed by atoms with E-state index in [2.05, 4.69) is 22.4 Å². The maximum atomic E-state index is 12.9. The minimum Gasteiger partial charge on any atom is -0.352 e. The van der Waals surface area contributed by atoms with E-state index in [1.54, 1.807) is 0 Å². The molecule has 0 aliphatic carbocycles.